The number of hydrogen-bond donors (Lipinski definition) is 1. The van der Waals surface area contributed by atoms with Crippen LogP contribution in [0.3, 0.4) is 0 Å². The molecule has 1 aliphatic heterocycles. The summed E-state index contributed by atoms with van der Waals surface area (Å²) in [6.45, 7) is 5.30. The van der Waals surface area contributed by atoms with Crippen molar-refractivity contribution in [1.29, 1.82) is 0 Å². The average molecular weight is 454 g/mol. The highest BCUT2D eigenvalue weighted by molar-refractivity contribution is 7.22. The molecule has 7 heteroatoms. The number of aromatic nitrogens is 1. The van der Waals surface area contributed by atoms with Crippen LogP contribution in [0.15, 0.2) is 47.8 Å². The zero-order valence-electron chi connectivity index (χ0n) is 17.8. The summed E-state index contributed by atoms with van der Waals surface area (Å²) in [6, 6.07) is 14.1. The van der Waals surface area contributed by atoms with E-state index in [1.807, 2.05) is 59.7 Å². The first-order chi connectivity index (χ1) is 15.1. The highest BCUT2D eigenvalue weighted by Crippen LogP contribution is 2.31. The van der Waals surface area contributed by atoms with Crippen molar-refractivity contribution in [3.63, 3.8) is 0 Å². The minimum absolute atomic E-state index is 0.0571. The van der Waals surface area contributed by atoms with Crippen molar-refractivity contribution in [3.8, 4) is 9.88 Å². The van der Waals surface area contributed by atoms with Crippen molar-refractivity contribution in [2.45, 2.75) is 45.1 Å². The molecule has 1 aliphatic rings. The molecule has 0 spiro atoms. The first-order valence-electron chi connectivity index (χ1n) is 10.7. The molecule has 31 heavy (non-hydrogen) atoms. The molecule has 5 nitrogen and oxygen atoms in total. The lowest BCUT2D eigenvalue weighted by Gasteiger charge is -2.34. The highest BCUT2D eigenvalue weighted by Gasteiger charge is 2.29. The second kappa shape index (κ2) is 9.75. The summed E-state index contributed by atoms with van der Waals surface area (Å²) >= 11 is 3.08. The van der Waals surface area contributed by atoms with Crippen molar-refractivity contribution in [1.82, 2.24) is 15.2 Å². The molecule has 2 amide bonds. The van der Waals surface area contributed by atoms with Crippen LogP contribution in [-0.4, -0.2) is 40.8 Å². The maximum absolute atomic E-state index is 13.1. The maximum atomic E-state index is 13.1. The average Bonchev–Trinajstić information content (AvgIpc) is 3.45. The molecular weight excluding hydrogens is 426 g/mol. The number of hydrogen-bond acceptors (Lipinski definition) is 5. The number of thiophene rings is 1. The number of thiazole rings is 1. The van der Waals surface area contributed by atoms with Gasteiger partial charge >= 0.3 is 0 Å². The van der Waals surface area contributed by atoms with E-state index in [0.29, 0.717) is 18.0 Å². The Bertz CT molecular complexity index is 1020. The van der Waals surface area contributed by atoms with Crippen molar-refractivity contribution in [3.05, 3.63) is 64.0 Å². The summed E-state index contributed by atoms with van der Waals surface area (Å²) < 4.78 is 0. The van der Waals surface area contributed by atoms with Crippen LogP contribution < -0.4 is 5.32 Å². The predicted molar refractivity (Wildman–Crippen MR) is 127 cm³/mol. The van der Waals surface area contributed by atoms with Gasteiger partial charge in [0.15, 0.2) is 0 Å². The molecule has 1 saturated heterocycles. The molecule has 0 radical (unpaired) electrons. The molecule has 2 aromatic heterocycles. The summed E-state index contributed by atoms with van der Waals surface area (Å²) in [6.07, 6.45) is 2.34. The van der Waals surface area contributed by atoms with Gasteiger partial charge in [-0.2, -0.15) is 0 Å². The van der Waals surface area contributed by atoms with Crippen LogP contribution in [0.2, 0.25) is 0 Å². The van der Waals surface area contributed by atoms with Gasteiger partial charge in [-0.15, -0.1) is 22.7 Å². The molecule has 0 bridgehead atoms. The first kappa shape index (κ1) is 21.7. The summed E-state index contributed by atoms with van der Waals surface area (Å²) in [5.74, 6) is 0.0403. The number of nitrogens with one attached hydrogen (secondary N) is 1. The molecule has 4 rings (SSSR count). The van der Waals surface area contributed by atoms with Gasteiger partial charge in [0, 0.05) is 19.1 Å². The van der Waals surface area contributed by atoms with Crippen LogP contribution >= 0.6 is 22.7 Å². The number of nitrogens with zero attached hydrogens (tertiary/aromatic N) is 2. The Hall–Kier alpha value is -2.51. The SMILES string of the molecule is CCC(C(=O)N1CCC(NC(=O)c2sc(-c3cccs3)nc2C)CC1)c1ccccc1. The van der Waals surface area contributed by atoms with Gasteiger partial charge < -0.3 is 10.2 Å². The summed E-state index contributed by atoms with van der Waals surface area (Å²) in [5.41, 5.74) is 1.85. The summed E-state index contributed by atoms with van der Waals surface area (Å²) in [7, 11) is 0. The van der Waals surface area contributed by atoms with Crippen LogP contribution in [0.1, 0.15) is 53.0 Å². The van der Waals surface area contributed by atoms with E-state index in [9.17, 15) is 9.59 Å². The molecule has 1 aromatic carbocycles. The number of carbonyl (C=O) groups excluding carboxylic acids is 2. The minimum Gasteiger partial charge on any atom is -0.348 e. The van der Waals surface area contributed by atoms with Gasteiger partial charge in [-0.1, -0.05) is 43.3 Å². The quantitative estimate of drug-likeness (QED) is 0.565. The molecule has 3 heterocycles. The zero-order valence-corrected chi connectivity index (χ0v) is 19.5. The van der Waals surface area contributed by atoms with Crippen molar-refractivity contribution in [2.75, 3.05) is 13.1 Å². The Morgan fingerprint density at radius 3 is 2.55 bits per heavy atom. The Balaban J connectivity index is 1.34. The van der Waals surface area contributed by atoms with Crippen LogP contribution in [-0.2, 0) is 4.79 Å². The van der Waals surface area contributed by atoms with E-state index in [4.69, 9.17) is 0 Å². The predicted octanol–water partition coefficient (Wildman–Crippen LogP) is 5.09. The van der Waals surface area contributed by atoms with E-state index in [1.54, 1.807) is 11.3 Å². The van der Waals surface area contributed by atoms with Gasteiger partial charge in [-0.3, -0.25) is 9.59 Å². The number of likely N-dealkylation sites (tertiary alicyclic amines) is 1. The van der Waals surface area contributed by atoms with Gasteiger partial charge in [0.25, 0.3) is 5.91 Å². The van der Waals surface area contributed by atoms with Crippen LogP contribution in [0.5, 0.6) is 0 Å². The molecule has 1 fully saturated rings. The zero-order chi connectivity index (χ0) is 21.8. The Kier molecular flexibility index (Phi) is 6.83. The lowest BCUT2D eigenvalue weighted by Crippen LogP contribution is -2.47. The topological polar surface area (TPSA) is 62.3 Å². The van der Waals surface area contributed by atoms with E-state index >= 15 is 0 Å². The minimum atomic E-state index is -0.0946. The smallest absolute Gasteiger partial charge is 0.263 e. The second-order valence-corrected chi connectivity index (χ2v) is 9.80. The van der Waals surface area contributed by atoms with E-state index in [-0.39, 0.29) is 23.8 Å². The number of piperidine rings is 1. The first-order valence-corrected chi connectivity index (χ1v) is 12.4. The Morgan fingerprint density at radius 1 is 1.16 bits per heavy atom. The van der Waals surface area contributed by atoms with Crippen LogP contribution in [0.4, 0.5) is 0 Å². The van der Waals surface area contributed by atoms with Gasteiger partial charge in [-0.25, -0.2) is 4.98 Å². The summed E-state index contributed by atoms with van der Waals surface area (Å²) in [5, 5.41) is 6.07. The van der Waals surface area contributed by atoms with Gasteiger partial charge in [-0.05, 0) is 43.2 Å². The third-order valence-electron chi connectivity index (χ3n) is 5.78. The van der Waals surface area contributed by atoms with E-state index in [0.717, 1.165) is 40.4 Å². The third kappa shape index (κ3) is 4.88. The summed E-state index contributed by atoms with van der Waals surface area (Å²) in [4.78, 5) is 34.2. The van der Waals surface area contributed by atoms with E-state index in [1.165, 1.54) is 11.3 Å². The molecular formula is C24H27N3O2S2. The lowest BCUT2D eigenvalue weighted by atomic mass is 9.93. The van der Waals surface area contributed by atoms with Gasteiger partial charge in [0.1, 0.15) is 9.88 Å². The van der Waals surface area contributed by atoms with Crippen molar-refractivity contribution >= 4 is 34.5 Å². The number of amides is 2. The molecule has 0 saturated carbocycles. The second-order valence-electron chi connectivity index (χ2n) is 7.86. The fourth-order valence-corrected chi connectivity index (χ4v) is 5.83. The molecule has 3 aromatic rings. The maximum Gasteiger partial charge on any atom is 0.263 e. The fourth-order valence-electron chi connectivity index (χ4n) is 4.07. The standard InChI is InChI=1S/C24H27N3O2S2/c1-3-19(17-8-5-4-6-9-17)24(29)27-13-11-18(12-14-27)26-22(28)21-16(2)25-23(31-21)20-10-7-15-30-20/h4-10,15,18-19H,3,11-14H2,1-2H3,(H,26,28). The van der Waals surface area contributed by atoms with E-state index in [2.05, 4.69) is 17.2 Å². The van der Waals surface area contributed by atoms with Gasteiger partial charge in [0.2, 0.25) is 5.91 Å². The highest BCUT2D eigenvalue weighted by atomic mass is 32.1. The number of aryl methyl sites for hydroxylation is 1. The van der Waals surface area contributed by atoms with Crippen molar-refractivity contribution in [2.24, 2.45) is 0 Å². The monoisotopic (exact) mass is 453 g/mol. The fraction of sp³-hybridized carbons (Fsp3) is 0.375. The van der Waals surface area contributed by atoms with Crippen LogP contribution in [0.25, 0.3) is 9.88 Å². The normalized spacial score (nSPS) is 15.6. The van der Waals surface area contributed by atoms with Gasteiger partial charge in [0.05, 0.1) is 16.5 Å². The number of benzene rings is 1. The molecule has 1 N–H and O–H groups in total. The van der Waals surface area contributed by atoms with Crippen LogP contribution in [0, 0.1) is 6.92 Å². The Labute approximate surface area is 191 Å². The Morgan fingerprint density at radius 2 is 1.90 bits per heavy atom. The largest absolute Gasteiger partial charge is 0.348 e. The molecule has 162 valence electrons. The van der Waals surface area contributed by atoms with Crippen molar-refractivity contribution < 1.29 is 9.59 Å². The van der Waals surface area contributed by atoms with E-state index < -0.39 is 0 Å². The number of carbonyl (C=O) groups is 2. The number of rotatable bonds is 6. The molecule has 0 aliphatic carbocycles. The third-order valence-corrected chi connectivity index (χ3v) is 7.98. The molecule has 1 unspecified atom stereocenters. The molecule has 1 atom stereocenters. The lowest BCUT2D eigenvalue weighted by molar-refractivity contribution is -0.134.